The molecule has 0 aliphatic heterocycles. The summed E-state index contributed by atoms with van der Waals surface area (Å²) in [6.07, 6.45) is 5.11. The first-order valence-electron chi connectivity index (χ1n) is 6.61. The molecule has 0 spiro atoms. The molecule has 1 N–H and O–H groups in total. The zero-order valence-corrected chi connectivity index (χ0v) is 10.6. The average molecular weight is 261 g/mol. The minimum absolute atomic E-state index is 0.0327. The molecule has 5 rings (SSSR count). The molecule has 2 atom stereocenters. The van der Waals surface area contributed by atoms with Crippen molar-refractivity contribution in [2.45, 2.75) is 24.9 Å². The summed E-state index contributed by atoms with van der Waals surface area (Å²) in [5.74, 6) is 1.81. The first kappa shape index (κ1) is 11.1. The van der Waals surface area contributed by atoms with Crippen LogP contribution in [0.25, 0.3) is 0 Å². The Morgan fingerprint density at radius 1 is 1.47 bits per heavy atom. The number of carboxylic acid groups (broad SMARTS) is 1. The number of ether oxygens (including phenoxy) is 2. The minimum Gasteiger partial charge on any atom is -0.491 e. The fourth-order valence-corrected chi connectivity index (χ4v) is 4.30. The van der Waals surface area contributed by atoms with E-state index in [4.69, 9.17) is 14.6 Å². The molecule has 100 valence electrons. The topological polar surface area (TPSA) is 68.7 Å². The molecule has 0 amide bonds. The molecule has 4 bridgehead atoms. The Kier molecular flexibility index (Phi) is 1.99. The van der Waals surface area contributed by atoms with Gasteiger partial charge in [0, 0.05) is 24.1 Å². The van der Waals surface area contributed by atoms with Crippen LogP contribution in [0.2, 0.25) is 0 Å². The SMILES string of the molecule is COc1c(OC23CC4CC2C3C4)ccnc1C(=O)O. The van der Waals surface area contributed by atoms with Gasteiger partial charge < -0.3 is 14.6 Å². The molecule has 0 aromatic carbocycles. The van der Waals surface area contributed by atoms with Gasteiger partial charge in [0.2, 0.25) is 0 Å². The molecule has 4 aliphatic rings. The van der Waals surface area contributed by atoms with Crippen LogP contribution in [-0.4, -0.2) is 28.8 Å². The first-order valence-corrected chi connectivity index (χ1v) is 6.61. The molecular weight excluding hydrogens is 246 g/mol. The summed E-state index contributed by atoms with van der Waals surface area (Å²) < 4.78 is 11.4. The fourth-order valence-electron chi connectivity index (χ4n) is 4.30. The summed E-state index contributed by atoms with van der Waals surface area (Å²) in [5.41, 5.74) is -0.117. The summed E-state index contributed by atoms with van der Waals surface area (Å²) in [6.45, 7) is 0. The van der Waals surface area contributed by atoms with E-state index in [1.54, 1.807) is 6.07 Å². The van der Waals surface area contributed by atoms with Crippen LogP contribution in [-0.2, 0) is 0 Å². The second-order valence-corrected chi connectivity index (χ2v) is 5.81. The molecule has 19 heavy (non-hydrogen) atoms. The van der Waals surface area contributed by atoms with E-state index in [-0.39, 0.29) is 17.0 Å². The number of rotatable bonds is 4. The molecule has 4 aliphatic carbocycles. The summed E-state index contributed by atoms with van der Waals surface area (Å²) in [6, 6.07) is 1.70. The van der Waals surface area contributed by atoms with Crippen LogP contribution in [0.1, 0.15) is 29.8 Å². The minimum atomic E-state index is -1.09. The van der Waals surface area contributed by atoms with Crippen LogP contribution in [0.3, 0.4) is 0 Å². The second kappa shape index (κ2) is 3.40. The summed E-state index contributed by atoms with van der Waals surface area (Å²) in [4.78, 5) is 15.0. The summed E-state index contributed by atoms with van der Waals surface area (Å²) in [5, 5.41) is 9.12. The van der Waals surface area contributed by atoms with E-state index in [9.17, 15) is 4.79 Å². The van der Waals surface area contributed by atoms with Crippen molar-refractivity contribution < 1.29 is 19.4 Å². The normalized spacial score (nSPS) is 37.2. The Morgan fingerprint density at radius 3 is 2.74 bits per heavy atom. The molecule has 5 nitrogen and oxygen atoms in total. The van der Waals surface area contributed by atoms with E-state index >= 15 is 0 Å². The molecule has 4 fully saturated rings. The largest absolute Gasteiger partial charge is 0.491 e. The smallest absolute Gasteiger partial charge is 0.358 e. The van der Waals surface area contributed by atoms with Gasteiger partial charge in [0.05, 0.1) is 7.11 Å². The highest BCUT2D eigenvalue weighted by Crippen LogP contribution is 2.74. The van der Waals surface area contributed by atoms with Crippen molar-refractivity contribution >= 4 is 5.97 Å². The highest BCUT2D eigenvalue weighted by atomic mass is 16.5. The number of hydrogen-bond donors (Lipinski definition) is 1. The van der Waals surface area contributed by atoms with E-state index in [1.807, 2.05) is 0 Å². The predicted octanol–water partition coefficient (Wildman–Crippen LogP) is 1.97. The molecule has 5 heteroatoms. The highest BCUT2D eigenvalue weighted by molar-refractivity contribution is 5.89. The van der Waals surface area contributed by atoms with Gasteiger partial charge >= 0.3 is 5.97 Å². The van der Waals surface area contributed by atoms with Gasteiger partial charge in [-0.2, -0.15) is 0 Å². The van der Waals surface area contributed by atoms with Crippen LogP contribution in [0, 0.1) is 17.8 Å². The predicted molar refractivity (Wildman–Crippen MR) is 65.4 cm³/mol. The third-order valence-electron chi connectivity index (χ3n) is 4.99. The summed E-state index contributed by atoms with van der Waals surface area (Å²) in [7, 11) is 1.45. The fraction of sp³-hybridized carbons (Fsp3) is 0.571. The Labute approximate surface area is 110 Å². The van der Waals surface area contributed by atoms with Crippen molar-refractivity contribution in [2.75, 3.05) is 7.11 Å². The number of carboxylic acids is 1. The Hall–Kier alpha value is -1.78. The number of hydrogen-bond acceptors (Lipinski definition) is 4. The number of methoxy groups -OCH3 is 1. The van der Waals surface area contributed by atoms with Gasteiger partial charge in [0.15, 0.2) is 17.2 Å². The maximum absolute atomic E-state index is 11.1. The van der Waals surface area contributed by atoms with Crippen LogP contribution in [0.15, 0.2) is 12.3 Å². The van der Waals surface area contributed by atoms with Gasteiger partial charge in [0.25, 0.3) is 0 Å². The van der Waals surface area contributed by atoms with Gasteiger partial charge in [-0.25, -0.2) is 9.78 Å². The van der Waals surface area contributed by atoms with E-state index < -0.39 is 5.97 Å². The Morgan fingerprint density at radius 2 is 2.21 bits per heavy atom. The Bertz CT molecular complexity index is 559. The van der Waals surface area contributed by atoms with Crippen LogP contribution in [0.5, 0.6) is 11.5 Å². The average Bonchev–Trinajstić information content (AvgIpc) is 2.86. The molecule has 2 unspecified atom stereocenters. The molecule has 0 radical (unpaired) electrons. The van der Waals surface area contributed by atoms with E-state index in [1.165, 1.54) is 26.1 Å². The third kappa shape index (κ3) is 1.30. The third-order valence-corrected chi connectivity index (χ3v) is 4.99. The van der Waals surface area contributed by atoms with Crippen molar-refractivity contribution in [3.05, 3.63) is 18.0 Å². The molecule has 1 aromatic heterocycles. The maximum Gasteiger partial charge on any atom is 0.358 e. The highest BCUT2D eigenvalue weighted by Gasteiger charge is 2.77. The number of pyridine rings is 1. The number of aromatic carboxylic acids is 1. The molecule has 1 aromatic rings. The molecule has 0 saturated heterocycles. The molecule has 1 heterocycles. The second-order valence-electron chi connectivity index (χ2n) is 5.81. The van der Waals surface area contributed by atoms with Gasteiger partial charge in [0.1, 0.15) is 5.60 Å². The van der Waals surface area contributed by atoms with Gasteiger partial charge in [-0.05, 0) is 25.2 Å². The maximum atomic E-state index is 11.1. The van der Waals surface area contributed by atoms with Gasteiger partial charge in [-0.3, -0.25) is 0 Å². The standard InChI is InChI=1S/C14H15NO4/c1-18-12-10(2-3-15-11(12)13(16)17)19-14-6-7-4-8(14)9(14)5-7/h2-3,7-9H,4-6H2,1H3,(H,16,17). The quantitative estimate of drug-likeness (QED) is 0.897. The number of carbonyl (C=O) groups is 1. The van der Waals surface area contributed by atoms with E-state index in [2.05, 4.69) is 4.98 Å². The van der Waals surface area contributed by atoms with Gasteiger partial charge in [-0.1, -0.05) is 0 Å². The van der Waals surface area contributed by atoms with E-state index in [0.29, 0.717) is 17.6 Å². The monoisotopic (exact) mass is 261 g/mol. The van der Waals surface area contributed by atoms with Crippen molar-refractivity contribution in [1.29, 1.82) is 0 Å². The lowest BCUT2D eigenvalue weighted by Gasteiger charge is -2.18. The van der Waals surface area contributed by atoms with Crippen molar-refractivity contribution in [3.8, 4) is 11.5 Å². The lowest BCUT2D eigenvalue weighted by molar-refractivity contribution is 0.0683. The zero-order chi connectivity index (χ0) is 13.2. The lowest BCUT2D eigenvalue weighted by atomic mass is 10.1. The molecular formula is C14H15NO4. The van der Waals surface area contributed by atoms with Crippen LogP contribution >= 0.6 is 0 Å². The first-order chi connectivity index (χ1) is 9.15. The summed E-state index contributed by atoms with van der Waals surface area (Å²) >= 11 is 0. The lowest BCUT2D eigenvalue weighted by Crippen LogP contribution is -2.19. The van der Waals surface area contributed by atoms with E-state index in [0.717, 1.165) is 12.3 Å². The zero-order valence-electron chi connectivity index (χ0n) is 10.6. The Balaban J connectivity index is 1.69. The van der Waals surface area contributed by atoms with Crippen molar-refractivity contribution in [3.63, 3.8) is 0 Å². The number of nitrogens with zero attached hydrogens (tertiary/aromatic N) is 1. The van der Waals surface area contributed by atoms with Gasteiger partial charge in [-0.15, -0.1) is 0 Å². The van der Waals surface area contributed by atoms with Crippen LogP contribution < -0.4 is 9.47 Å². The molecule has 4 saturated carbocycles. The van der Waals surface area contributed by atoms with Crippen molar-refractivity contribution in [2.24, 2.45) is 17.8 Å². The van der Waals surface area contributed by atoms with Crippen molar-refractivity contribution in [1.82, 2.24) is 4.98 Å². The number of aromatic nitrogens is 1. The van der Waals surface area contributed by atoms with Crippen LogP contribution in [0.4, 0.5) is 0 Å².